The highest BCUT2D eigenvalue weighted by Gasteiger charge is 2.10. The summed E-state index contributed by atoms with van der Waals surface area (Å²) < 4.78 is 12.4. The van der Waals surface area contributed by atoms with Gasteiger partial charge in [0.1, 0.15) is 5.83 Å². The number of allylic oxidation sites excluding steroid dienone is 4. The van der Waals surface area contributed by atoms with Crippen molar-refractivity contribution in [3.8, 4) is 0 Å². The van der Waals surface area contributed by atoms with Crippen LogP contribution in [0.2, 0.25) is 0 Å². The molecule has 0 aliphatic heterocycles. The summed E-state index contributed by atoms with van der Waals surface area (Å²) in [5.74, 6) is 0.00593. The molecular weight excluding hydrogens is 143 g/mol. The fraction of sp³-hybridized carbons (Fsp3) is 0.444. The Balaban J connectivity index is 2.68. The van der Waals surface area contributed by atoms with Crippen molar-refractivity contribution in [2.75, 3.05) is 0 Å². The molecule has 0 saturated heterocycles. The molecule has 0 unspecified atom stereocenters. The second kappa shape index (κ2) is 3.46. The molecule has 11 heavy (non-hydrogen) atoms. The Morgan fingerprint density at radius 2 is 2.27 bits per heavy atom. The smallest absolute Gasteiger partial charge is 0.158 e. The van der Waals surface area contributed by atoms with Gasteiger partial charge in [0.05, 0.1) is 0 Å². The molecule has 0 fully saturated rings. The van der Waals surface area contributed by atoms with Crippen molar-refractivity contribution in [1.29, 1.82) is 0 Å². The molecule has 0 spiro atoms. The topological polar surface area (TPSA) is 17.1 Å². The summed E-state index contributed by atoms with van der Waals surface area (Å²) in [5.41, 5.74) is 0.758. The van der Waals surface area contributed by atoms with E-state index in [1.54, 1.807) is 6.08 Å². The van der Waals surface area contributed by atoms with Gasteiger partial charge in [0.15, 0.2) is 5.78 Å². The van der Waals surface area contributed by atoms with Crippen LogP contribution in [0.25, 0.3) is 0 Å². The summed E-state index contributed by atoms with van der Waals surface area (Å²) >= 11 is 0. The lowest BCUT2D eigenvalue weighted by Crippen LogP contribution is -2.02. The van der Waals surface area contributed by atoms with Crippen LogP contribution in [0.3, 0.4) is 0 Å². The molecule has 0 radical (unpaired) electrons. The van der Waals surface area contributed by atoms with Gasteiger partial charge >= 0.3 is 0 Å². The molecule has 0 atom stereocenters. The fourth-order valence-corrected chi connectivity index (χ4v) is 1.07. The van der Waals surface area contributed by atoms with E-state index in [0.29, 0.717) is 19.3 Å². The fourth-order valence-electron chi connectivity index (χ4n) is 1.07. The van der Waals surface area contributed by atoms with Gasteiger partial charge in [-0.3, -0.25) is 4.79 Å². The molecule has 1 aliphatic rings. The number of hydrogen-bond acceptors (Lipinski definition) is 1. The zero-order chi connectivity index (χ0) is 8.27. The van der Waals surface area contributed by atoms with Crippen LogP contribution < -0.4 is 0 Å². The Morgan fingerprint density at radius 3 is 2.73 bits per heavy atom. The number of Topliss-reactive ketones (excluding diaryl/α,β-unsaturated/α-hetero) is 1. The van der Waals surface area contributed by atoms with E-state index in [9.17, 15) is 9.18 Å². The van der Waals surface area contributed by atoms with E-state index < -0.39 is 0 Å². The molecule has 0 N–H and O–H groups in total. The Hall–Kier alpha value is -0.920. The van der Waals surface area contributed by atoms with E-state index >= 15 is 0 Å². The van der Waals surface area contributed by atoms with E-state index in [-0.39, 0.29) is 11.6 Å². The van der Waals surface area contributed by atoms with E-state index in [0.717, 1.165) is 5.57 Å². The van der Waals surface area contributed by atoms with E-state index in [1.807, 2.05) is 6.92 Å². The lowest BCUT2D eigenvalue weighted by Gasteiger charge is -2.07. The first-order chi connectivity index (χ1) is 5.24. The predicted octanol–water partition coefficient (Wildman–Crippen LogP) is 2.54. The molecule has 1 rings (SSSR count). The molecule has 0 amide bonds. The van der Waals surface area contributed by atoms with Crippen molar-refractivity contribution in [2.45, 2.75) is 26.2 Å². The van der Waals surface area contributed by atoms with Crippen LogP contribution in [0.15, 0.2) is 23.6 Å². The number of ketones is 1. The maximum absolute atomic E-state index is 12.4. The van der Waals surface area contributed by atoms with Gasteiger partial charge in [-0.2, -0.15) is 0 Å². The Morgan fingerprint density at radius 1 is 1.55 bits per heavy atom. The van der Waals surface area contributed by atoms with Gasteiger partial charge in [0, 0.05) is 12.8 Å². The highest BCUT2D eigenvalue weighted by atomic mass is 19.1. The van der Waals surface area contributed by atoms with Crippen LogP contribution in [0.5, 0.6) is 0 Å². The third kappa shape index (κ3) is 2.00. The van der Waals surface area contributed by atoms with Crippen molar-refractivity contribution in [2.24, 2.45) is 0 Å². The van der Waals surface area contributed by atoms with Gasteiger partial charge in [-0.05, 0) is 18.1 Å². The normalized spacial score (nSPS) is 17.3. The number of carbonyl (C=O) groups excluding carboxylic acids is 1. The van der Waals surface area contributed by atoms with Crippen LogP contribution in [0.1, 0.15) is 26.2 Å². The number of carbonyl (C=O) groups is 1. The molecular formula is C9H11FO. The third-order valence-electron chi connectivity index (χ3n) is 1.78. The maximum Gasteiger partial charge on any atom is 0.158 e. The minimum absolute atomic E-state index is 0.127. The minimum atomic E-state index is -0.127. The average molecular weight is 154 g/mol. The van der Waals surface area contributed by atoms with Gasteiger partial charge in [0.2, 0.25) is 0 Å². The SMILES string of the molecule is CCC(=O)C1=CC=C(F)CC1. The molecule has 60 valence electrons. The molecule has 2 heteroatoms. The highest BCUT2D eigenvalue weighted by Crippen LogP contribution is 2.20. The first-order valence-electron chi connectivity index (χ1n) is 3.82. The molecule has 0 aromatic carbocycles. The number of halogens is 1. The number of rotatable bonds is 2. The van der Waals surface area contributed by atoms with Crippen molar-refractivity contribution >= 4 is 5.78 Å². The zero-order valence-corrected chi connectivity index (χ0v) is 6.56. The largest absolute Gasteiger partial charge is 0.295 e. The van der Waals surface area contributed by atoms with Crippen LogP contribution in [0, 0.1) is 0 Å². The van der Waals surface area contributed by atoms with Gasteiger partial charge in [0.25, 0.3) is 0 Å². The van der Waals surface area contributed by atoms with Crippen molar-refractivity contribution in [3.05, 3.63) is 23.6 Å². The molecule has 0 aromatic heterocycles. The van der Waals surface area contributed by atoms with Crippen molar-refractivity contribution in [1.82, 2.24) is 0 Å². The Bertz CT molecular complexity index is 226. The first kappa shape index (κ1) is 8.18. The summed E-state index contributed by atoms with van der Waals surface area (Å²) in [6, 6.07) is 0. The quantitative estimate of drug-likeness (QED) is 0.597. The van der Waals surface area contributed by atoms with Gasteiger partial charge < -0.3 is 0 Å². The van der Waals surface area contributed by atoms with Crippen molar-refractivity contribution < 1.29 is 9.18 Å². The Kier molecular flexibility index (Phi) is 2.58. The Labute approximate surface area is 65.6 Å². The average Bonchev–Trinajstić information content (AvgIpc) is 2.05. The van der Waals surface area contributed by atoms with Crippen LogP contribution in [-0.4, -0.2) is 5.78 Å². The van der Waals surface area contributed by atoms with Crippen LogP contribution >= 0.6 is 0 Å². The summed E-state index contributed by atoms with van der Waals surface area (Å²) in [4.78, 5) is 11.1. The van der Waals surface area contributed by atoms with Gasteiger partial charge in [-0.15, -0.1) is 0 Å². The highest BCUT2D eigenvalue weighted by molar-refractivity contribution is 5.95. The molecule has 0 saturated carbocycles. The zero-order valence-electron chi connectivity index (χ0n) is 6.56. The summed E-state index contributed by atoms with van der Waals surface area (Å²) in [5, 5.41) is 0. The molecule has 1 aliphatic carbocycles. The molecule has 0 bridgehead atoms. The summed E-state index contributed by atoms with van der Waals surface area (Å²) in [6.45, 7) is 1.82. The lowest BCUT2D eigenvalue weighted by molar-refractivity contribution is -0.115. The standard InChI is InChI=1S/C9H11FO/c1-2-9(11)7-3-5-8(10)6-4-7/h3,5H,2,4,6H2,1H3. The van der Waals surface area contributed by atoms with E-state index in [1.165, 1.54) is 6.08 Å². The third-order valence-corrected chi connectivity index (χ3v) is 1.78. The second-order valence-electron chi connectivity index (χ2n) is 2.58. The molecule has 1 nitrogen and oxygen atoms in total. The minimum Gasteiger partial charge on any atom is -0.295 e. The summed E-state index contributed by atoms with van der Waals surface area (Å²) in [7, 11) is 0. The predicted molar refractivity (Wildman–Crippen MR) is 41.8 cm³/mol. The lowest BCUT2D eigenvalue weighted by atomic mass is 9.99. The van der Waals surface area contributed by atoms with Crippen LogP contribution in [0.4, 0.5) is 4.39 Å². The number of hydrogen-bond donors (Lipinski definition) is 0. The first-order valence-corrected chi connectivity index (χ1v) is 3.82. The van der Waals surface area contributed by atoms with E-state index in [4.69, 9.17) is 0 Å². The second-order valence-corrected chi connectivity index (χ2v) is 2.58. The molecule has 0 aromatic rings. The van der Waals surface area contributed by atoms with Gasteiger partial charge in [-0.25, -0.2) is 4.39 Å². The summed E-state index contributed by atoms with van der Waals surface area (Å²) in [6.07, 6.45) is 4.44. The van der Waals surface area contributed by atoms with Crippen molar-refractivity contribution in [3.63, 3.8) is 0 Å². The van der Waals surface area contributed by atoms with E-state index in [2.05, 4.69) is 0 Å². The monoisotopic (exact) mass is 154 g/mol. The van der Waals surface area contributed by atoms with Crippen LogP contribution in [-0.2, 0) is 4.79 Å². The molecule has 0 heterocycles. The van der Waals surface area contributed by atoms with Gasteiger partial charge in [-0.1, -0.05) is 13.0 Å². The maximum atomic E-state index is 12.4.